The minimum atomic E-state index is -5.08. The zero-order chi connectivity index (χ0) is 26.3. The topological polar surface area (TPSA) is 110 Å². The van der Waals surface area contributed by atoms with E-state index in [4.69, 9.17) is 0 Å². The van der Waals surface area contributed by atoms with Crippen LogP contribution in [0.1, 0.15) is 35.5 Å². The number of benzene rings is 1. The van der Waals surface area contributed by atoms with Crippen LogP contribution in [0.2, 0.25) is 0 Å². The fourth-order valence-electron chi connectivity index (χ4n) is 2.62. The van der Waals surface area contributed by atoms with Crippen molar-refractivity contribution in [1.82, 2.24) is 10.3 Å². The lowest BCUT2D eigenvalue weighted by Gasteiger charge is -2.25. The lowest BCUT2D eigenvalue weighted by Crippen LogP contribution is -2.44. The molecule has 0 aliphatic heterocycles. The standard InChI is InChI=1S/C19H18F6N2O5S2/c1-17(2,34(31,32)13-6-4-5-12(9-13)18(20,21)22)10-26-16(28)11-7-14(19(23,24)25)27-15(8-11)33(3,29)30/h4-9H,10H2,1-3H3,(H,26,28). The van der Waals surface area contributed by atoms with Crippen molar-refractivity contribution in [2.45, 2.75) is 40.9 Å². The molecular formula is C19H18F6N2O5S2. The van der Waals surface area contributed by atoms with Crippen LogP contribution in [0.4, 0.5) is 26.3 Å². The first-order chi connectivity index (χ1) is 15.2. The predicted molar refractivity (Wildman–Crippen MR) is 107 cm³/mol. The van der Waals surface area contributed by atoms with Gasteiger partial charge in [0.25, 0.3) is 5.91 Å². The summed E-state index contributed by atoms with van der Waals surface area (Å²) in [5, 5.41) is 1.06. The van der Waals surface area contributed by atoms with Gasteiger partial charge in [-0.1, -0.05) is 6.07 Å². The molecule has 2 rings (SSSR count). The van der Waals surface area contributed by atoms with E-state index in [0.717, 1.165) is 26.0 Å². The third kappa shape index (κ3) is 6.05. The number of carbonyl (C=O) groups is 1. The number of aromatic nitrogens is 1. The fourth-order valence-corrected chi connectivity index (χ4v) is 4.67. The first-order valence-corrected chi connectivity index (χ1v) is 12.5. The van der Waals surface area contributed by atoms with Gasteiger partial charge in [-0.15, -0.1) is 0 Å². The Labute approximate surface area is 191 Å². The average molecular weight is 532 g/mol. The van der Waals surface area contributed by atoms with E-state index in [1.165, 1.54) is 0 Å². The molecule has 0 fully saturated rings. The Morgan fingerprint density at radius 1 is 0.941 bits per heavy atom. The van der Waals surface area contributed by atoms with Crippen LogP contribution in [0, 0.1) is 0 Å². The van der Waals surface area contributed by atoms with Gasteiger partial charge in [0.15, 0.2) is 24.7 Å². The molecule has 188 valence electrons. The summed E-state index contributed by atoms with van der Waals surface area (Å²) in [4.78, 5) is 14.8. The molecule has 7 nitrogen and oxygen atoms in total. The van der Waals surface area contributed by atoms with E-state index in [2.05, 4.69) is 10.3 Å². The number of alkyl halides is 6. The van der Waals surface area contributed by atoms with Gasteiger partial charge in [-0.25, -0.2) is 21.8 Å². The number of sulfone groups is 2. The Bertz CT molecular complexity index is 1320. The highest BCUT2D eigenvalue weighted by atomic mass is 32.2. The number of hydrogen-bond donors (Lipinski definition) is 1. The molecular weight excluding hydrogens is 514 g/mol. The minimum Gasteiger partial charge on any atom is -0.350 e. The number of halogens is 6. The van der Waals surface area contributed by atoms with Crippen molar-refractivity contribution in [1.29, 1.82) is 0 Å². The zero-order valence-corrected chi connectivity index (χ0v) is 19.4. The number of pyridine rings is 1. The summed E-state index contributed by atoms with van der Waals surface area (Å²) < 4.78 is 125. The highest BCUT2D eigenvalue weighted by Gasteiger charge is 2.39. The number of nitrogens with one attached hydrogen (secondary N) is 1. The molecule has 0 unspecified atom stereocenters. The summed E-state index contributed by atoms with van der Waals surface area (Å²) in [6, 6.07) is 3.81. The summed E-state index contributed by atoms with van der Waals surface area (Å²) in [5.74, 6) is -1.25. The summed E-state index contributed by atoms with van der Waals surface area (Å²) in [7, 11) is -8.70. The lowest BCUT2D eigenvalue weighted by molar-refractivity contribution is -0.141. The second-order valence-corrected chi connectivity index (χ2v) is 12.4. The van der Waals surface area contributed by atoms with Gasteiger partial charge in [0.05, 0.1) is 15.2 Å². The van der Waals surface area contributed by atoms with Crippen LogP contribution in [0.5, 0.6) is 0 Å². The molecule has 1 N–H and O–H groups in total. The SMILES string of the molecule is CC(C)(CNC(=O)c1cc(C(F)(F)F)nc(S(C)(=O)=O)c1)S(=O)(=O)c1cccc(C(F)(F)F)c1. The zero-order valence-electron chi connectivity index (χ0n) is 17.7. The van der Waals surface area contributed by atoms with Gasteiger partial charge >= 0.3 is 12.4 Å². The molecule has 0 atom stereocenters. The van der Waals surface area contributed by atoms with Gasteiger partial charge in [0, 0.05) is 18.4 Å². The smallest absolute Gasteiger partial charge is 0.350 e. The molecule has 2 aromatic rings. The van der Waals surface area contributed by atoms with Gasteiger partial charge < -0.3 is 5.32 Å². The average Bonchev–Trinajstić information content (AvgIpc) is 2.69. The molecule has 0 aliphatic rings. The minimum absolute atomic E-state index is 0.290. The maximum atomic E-state index is 13.1. The van der Waals surface area contributed by atoms with Gasteiger partial charge in [-0.2, -0.15) is 26.3 Å². The second-order valence-electron chi connectivity index (χ2n) is 7.82. The largest absolute Gasteiger partial charge is 0.433 e. The van der Waals surface area contributed by atoms with Crippen molar-refractivity contribution in [2.24, 2.45) is 0 Å². The van der Waals surface area contributed by atoms with Gasteiger partial charge in [0.2, 0.25) is 0 Å². The molecule has 34 heavy (non-hydrogen) atoms. The molecule has 1 aromatic carbocycles. The summed E-state index contributed by atoms with van der Waals surface area (Å²) in [5.41, 5.74) is -3.62. The molecule has 0 radical (unpaired) electrons. The summed E-state index contributed by atoms with van der Waals surface area (Å²) in [6.07, 6.45) is -9.30. The van der Waals surface area contributed by atoms with Crippen molar-refractivity contribution in [3.63, 3.8) is 0 Å². The van der Waals surface area contributed by atoms with Crippen LogP contribution >= 0.6 is 0 Å². The van der Waals surface area contributed by atoms with Gasteiger partial charge in [-0.05, 0) is 44.2 Å². The molecule has 1 amide bonds. The third-order valence-electron chi connectivity index (χ3n) is 4.61. The number of carbonyl (C=O) groups excluding carboxylic acids is 1. The van der Waals surface area contributed by atoms with Crippen LogP contribution in [0.3, 0.4) is 0 Å². The maximum Gasteiger partial charge on any atom is 0.433 e. The van der Waals surface area contributed by atoms with E-state index in [1.807, 2.05) is 0 Å². The quantitative estimate of drug-likeness (QED) is 0.571. The first-order valence-electron chi connectivity index (χ1n) is 9.16. The van der Waals surface area contributed by atoms with Crippen LogP contribution in [-0.4, -0.2) is 45.3 Å². The predicted octanol–water partition coefficient (Wildman–Crippen LogP) is 3.51. The Morgan fingerprint density at radius 3 is 2.03 bits per heavy atom. The van der Waals surface area contributed by atoms with Crippen LogP contribution in [-0.2, 0) is 32.0 Å². The van der Waals surface area contributed by atoms with Crippen LogP contribution in [0.15, 0.2) is 46.3 Å². The summed E-state index contributed by atoms with van der Waals surface area (Å²) in [6.45, 7) is 1.47. The van der Waals surface area contributed by atoms with Crippen molar-refractivity contribution in [2.75, 3.05) is 12.8 Å². The molecule has 0 aliphatic carbocycles. The van der Waals surface area contributed by atoms with Gasteiger partial charge in [0.1, 0.15) is 5.69 Å². The Morgan fingerprint density at radius 2 is 1.53 bits per heavy atom. The van der Waals surface area contributed by atoms with Crippen molar-refractivity contribution >= 4 is 25.6 Å². The van der Waals surface area contributed by atoms with Gasteiger partial charge in [-0.3, -0.25) is 4.79 Å². The third-order valence-corrected chi connectivity index (χ3v) is 8.05. The van der Waals surface area contributed by atoms with E-state index in [1.54, 1.807) is 0 Å². The number of amides is 1. The maximum absolute atomic E-state index is 13.1. The normalized spacial score (nSPS) is 13.6. The number of hydrogen-bond acceptors (Lipinski definition) is 6. The summed E-state index contributed by atoms with van der Waals surface area (Å²) >= 11 is 0. The van der Waals surface area contributed by atoms with E-state index in [0.29, 0.717) is 24.5 Å². The van der Waals surface area contributed by atoms with E-state index in [9.17, 15) is 48.0 Å². The fraction of sp³-hybridized carbons (Fsp3) is 0.368. The Kier molecular flexibility index (Phi) is 7.16. The molecule has 0 saturated heterocycles. The molecule has 1 aromatic heterocycles. The van der Waals surface area contributed by atoms with Crippen LogP contribution < -0.4 is 5.32 Å². The number of nitrogens with zero attached hydrogens (tertiary/aromatic N) is 1. The number of rotatable bonds is 6. The molecule has 0 saturated carbocycles. The van der Waals surface area contributed by atoms with E-state index < -0.39 is 76.0 Å². The van der Waals surface area contributed by atoms with Crippen molar-refractivity contribution in [3.8, 4) is 0 Å². The van der Waals surface area contributed by atoms with Crippen molar-refractivity contribution < 1.29 is 48.0 Å². The Hall–Kier alpha value is -2.68. The first kappa shape index (κ1) is 27.6. The molecule has 15 heteroatoms. The molecule has 1 heterocycles. The highest BCUT2D eigenvalue weighted by Crippen LogP contribution is 2.33. The van der Waals surface area contributed by atoms with Crippen molar-refractivity contribution in [3.05, 3.63) is 53.2 Å². The molecule has 0 spiro atoms. The van der Waals surface area contributed by atoms with E-state index in [-0.39, 0.29) is 6.07 Å². The second kappa shape index (κ2) is 8.83. The highest BCUT2D eigenvalue weighted by molar-refractivity contribution is 7.92. The monoisotopic (exact) mass is 532 g/mol. The Balaban J connectivity index is 2.37. The van der Waals surface area contributed by atoms with Crippen LogP contribution in [0.25, 0.3) is 0 Å². The lowest BCUT2D eigenvalue weighted by atomic mass is 10.1. The molecule has 0 bridgehead atoms. The van der Waals surface area contributed by atoms with E-state index >= 15 is 0 Å².